The third-order valence-electron chi connectivity index (χ3n) is 8.24. The number of rotatable bonds is 3. The average molecular weight is 661 g/mol. The van der Waals surface area contributed by atoms with E-state index in [9.17, 15) is 29.1 Å². The van der Waals surface area contributed by atoms with E-state index in [0.717, 1.165) is 15.2 Å². The third kappa shape index (κ3) is 5.38. The van der Waals surface area contributed by atoms with E-state index in [4.69, 9.17) is 12.8 Å². The van der Waals surface area contributed by atoms with Crippen LogP contribution >= 0.6 is 0 Å². The smallest absolute Gasteiger partial charge is 0.335 e. The number of carboxylic acids is 1. The molecule has 2 aromatic heterocycles. The zero-order valence-corrected chi connectivity index (χ0v) is 26.4. The minimum atomic E-state index is -1.34. The van der Waals surface area contributed by atoms with Gasteiger partial charge < -0.3 is 5.11 Å². The first-order valence-corrected chi connectivity index (χ1v) is 15.3. The van der Waals surface area contributed by atoms with Crippen LogP contribution in [0.5, 0.6) is 0 Å². The summed E-state index contributed by atoms with van der Waals surface area (Å²) in [4.78, 5) is 69.9. The Kier molecular flexibility index (Phi) is 7.83. The van der Waals surface area contributed by atoms with E-state index in [-0.39, 0.29) is 55.2 Å². The lowest BCUT2D eigenvalue weighted by molar-refractivity contribution is 0.0696. The molecule has 7 rings (SSSR count). The van der Waals surface area contributed by atoms with Crippen LogP contribution in [0.1, 0.15) is 43.7 Å². The largest absolute Gasteiger partial charge is 0.478 e. The van der Waals surface area contributed by atoms with Crippen molar-refractivity contribution in [3.63, 3.8) is 0 Å². The van der Waals surface area contributed by atoms with E-state index in [1.54, 1.807) is 72.8 Å². The Morgan fingerprint density at radius 1 is 0.490 bits per heavy atom. The molecule has 0 fully saturated rings. The summed E-state index contributed by atoms with van der Waals surface area (Å²) in [5, 5.41) is 8.82. The molecule has 0 saturated heterocycles. The van der Waals surface area contributed by atoms with Gasteiger partial charge >= 0.3 is 5.97 Å². The van der Waals surface area contributed by atoms with Crippen LogP contribution in [0.3, 0.4) is 0 Å². The molecule has 238 valence electrons. The molecule has 0 aliphatic heterocycles. The highest BCUT2D eigenvalue weighted by atomic mass is 16.4. The van der Waals surface area contributed by atoms with Gasteiger partial charge in [-0.25, -0.2) is 13.9 Å². The zero-order chi connectivity index (χ0) is 35.8. The molecular formula is C43H20N2O6. The Bertz CT molecular complexity index is 2910. The predicted molar refractivity (Wildman–Crippen MR) is 195 cm³/mol. The van der Waals surface area contributed by atoms with Gasteiger partial charge in [0.05, 0.1) is 49.6 Å². The topological polar surface area (TPSA) is 115 Å². The Balaban J connectivity index is 1.72. The van der Waals surface area contributed by atoms with Crippen molar-refractivity contribution in [1.82, 2.24) is 9.13 Å². The fourth-order valence-electron chi connectivity index (χ4n) is 5.95. The Morgan fingerprint density at radius 2 is 0.922 bits per heavy atom. The van der Waals surface area contributed by atoms with Crippen molar-refractivity contribution in [2.75, 3.05) is 0 Å². The lowest BCUT2D eigenvalue weighted by Gasteiger charge is -2.04. The highest BCUT2D eigenvalue weighted by Crippen LogP contribution is 2.28. The summed E-state index contributed by atoms with van der Waals surface area (Å²) in [6, 6.07) is 27.4. The van der Waals surface area contributed by atoms with Crippen LogP contribution in [0, 0.1) is 48.4 Å². The molecule has 0 unspecified atom stereocenters. The second kappa shape index (κ2) is 12.6. The van der Waals surface area contributed by atoms with Crippen LogP contribution in [0.15, 0.2) is 122 Å². The Labute approximate surface area is 289 Å². The van der Waals surface area contributed by atoms with Crippen molar-refractivity contribution in [3.8, 4) is 59.7 Å². The molecule has 0 radical (unpaired) electrons. The molecule has 5 aromatic carbocycles. The van der Waals surface area contributed by atoms with E-state index < -0.39 is 28.2 Å². The van der Waals surface area contributed by atoms with Gasteiger partial charge in [0, 0.05) is 22.3 Å². The standard InChI is InChI=1S/C43H20N2O6/c1-3-26-16-11-17-31(23-26)44-39(46)35-33(20-18-28-12-7-5-8-13-28)37-38(34(36(35)40(44)47)21-19-29-14-9-6-10-15-29)42(49)45(41(37)48)32-24-27(4-2)22-30(25-32)43(50)51/h1-2,5-17,22-25H,(H,50,51). The first kappa shape index (κ1) is 31.7. The normalized spacial score (nSPS) is 10.5. The lowest BCUT2D eigenvalue weighted by atomic mass is 9.96. The molecule has 0 bridgehead atoms. The van der Waals surface area contributed by atoms with Crippen molar-refractivity contribution in [3.05, 3.63) is 183 Å². The van der Waals surface area contributed by atoms with Gasteiger partial charge in [0.1, 0.15) is 0 Å². The van der Waals surface area contributed by atoms with Crippen molar-refractivity contribution in [1.29, 1.82) is 0 Å². The van der Waals surface area contributed by atoms with E-state index in [0.29, 0.717) is 16.7 Å². The predicted octanol–water partition coefficient (Wildman–Crippen LogP) is 4.35. The summed E-state index contributed by atoms with van der Waals surface area (Å²) < 4.78 is 1.68. The lowest BCUT2D eigenvalue weighted by Crippen LogP contribution is -2.25. The van der Waals surface area contributed by atoms with Crippen molar-refractivity contribution in [2.24, 2.45) is 0 Å². The second-order valence-electron chi connectivity index (χ2n) is 11.3. The SMILES string of the molecule is C#Cc1cccc(-n2c(=O)c3c(C#Cc4ccccc4)c4c(=O)n(-c5cc(C#C)cc(C(=O)O)c5)c(=O)c4c(C#Cc4ccccc4)c3c2=O)c1. The van der Waals surface area contributed by atoms with Gasteiger partial charge in [-0.15, -0.1) is 12.8 Å². The molecule has 51 heavy (non-hydrogen) atoms. The number of carboxylic acid groups (broad SMARTS) is 1. The molecular weight excluding hydrogens is 640 g/mol. The van der Waals surface area contributed by atoms with Crippen LogP contribution in [0.2, 0.25) is 0 Å². The Morgan fingerprint density at radius 3 is 1.37 bits per heavy atom. The fraction of sp³-hybridized carbons (Fsp3) is 0. The van der Waals surface area contributed by atoms with Gasteiger partial charge in [-0.05, 0) is 60.7 Å². The third-order valence-corrected chi connectivity index (χ3v) is 8.24. The molecule has 0 atom stereocenters. The maximum absolute atomic E-state index is 14.5. The molecule has 0 saturated carbocycles. The first-order chi connectivity index (χ1) is 24.7. The highest BCUT2D eigenvalue weighted by Gasteiger charge is 2.29. The number of aromatic nitrogens is 2. The number of terminal acetylenes is 2. The van der Waals surface area contributed by atoms with E-state index in [1.807, 2.05) is 0 Å². The van der Waals surface area contributed by atoms with Gasteiger partial charge in [0.15, 0.2) is 0 Å². The monoisotopic (exact) mass is 660 g/mol. The number of nitrogens with zero attached hydrogens (tertiary/aromatic N) is 2. The van der Waals surface area contributed by atoms with Crippen molar-refractivity contribution < 1.29 is 9.90 Å². The van der Waals surface area contributed by atoms with Crippen molar-refractivity contribution in [2.45, 2.75) is 0 Å². The summed E-state index contributed by atoms with van der Waals surface area (Å²) in [5.41, 5.74) is -2.35. The molecule has 0 aliphatic carbocycles. The summed E-state index contributed by atoms with van der Waals surface area (Å²) in [5.74, 6) is 15.3. The number of aromatic carboxylic acids is 1. The minimum Gasteiger partial charge on any atom is -0.478 e. The second-order valence-corrected chi connectivity index (χ2v) is 11.3. The number of hydrogen-bond acceptors (Lipinski definition) is 5. The summed E-state index contributed by atoms with van der Waals surface area (Å²) in [6.45, 7) is 0. The minimum absolute atomic E-state index is 0.104. The first-order valence-electron chi connectivity index (χ1n) is 15.3. The van der Waals surface area contributed by atoms with Crippen LogP contribution in [-0.4, -0.2) is 20.2 Å². The highest BCUT2D eigenvalue weighted by molar-refractivity contribution is 6.10. The zero-order valence-electron chi connectivity index (χ0n) is 26.4. The van der Waals surface area contributed by atoms with Crippen LogP contribution in [0.4, 0.5) is 0 Å². The number of fused-ring (bicyclic) bond motifs is 2. The van der Waals surface area contributed by atoms with Gasteiger partial charge in [-0.3, -0.25) is 19.2 Å². The quantitative estimate of drug-likeness (QED) is 0.282. The molecule has 7 aromatic rings. The summed E-state index contributed by atoms with van der Waals surface area (Å²) in [7, 11) is 0. The maximum atomic E-state index is 14.5. The molecule has 1 N–H and O–H groups in total. The number of hydrogen-bond donors (Lipinski definition) is 1. The van der Waals surface area contributed by atoms with Gasteiger partial charge in [0.25, 0.3) is 22.2 Å². The summed E-state index contributed by atoms with van der Waals surface area (Å²) >= 11 is 0. The maximum Gasteiger partial charge on any atom is 0.335 e. The van der Waals surface area contributed by atoms with E-state index in [2.05, 4.69) is 35.5 Å². The van der Waals surface area contributed by atoms with Gasteiger partial charge in [-0.2, -0.15) is 0 Å². The molecule has 8 nitrogen and oxygen atoms in total. The average Bonchev–Trinajstić information content (AvgIpc) is 3.57. The molecule has 0 aliphatic rings. The summed E-state index contributed by atoms with van der Waals surface area (Å²) in [6.07, 6.45) is 11.2. The van der Waals surface area contributed by atoms with Crippen LogP contribution in [0.25, 0.3) is 32.9 Å². The molecule has 0 amide bonds. The van der Waals surface area contributed by atoms with Gasteiger partial charge in [-0.1, -0.05) is 78.0 Å². The molecule has 8 heteroatoms. The van der Waals surface area contributed by atoms with Crippen LogP contribution < -0.4 is 22.2 Å². The fourth-order valence-corrected chi connectivity index (χ4v) is 5.95. The number of carbonyl (C=O) groups is 1. The van der Waals surface area contributed by atoms with Crippen LogP contribution in [-0.2, 0) is 0 Å². The number of benzene rings is 5. The molecule has 2 heterocycles. The Hall–Kier alpha value is -7.91. The van der Waals surface area contributed by atoms with Gasteiger partial charge in [0.2, 0.25) is 0 Å². The van der Waals surface area contributed by atoms with E-state index >= 15 is 0 Å². The molecule has 0 spiro atoms. The van der Waals surface area contributed by atoms with Crippen molar-refractivity contribution >= 4 is 27.5 Å². The van der Waals surface area contributed by atoms with E-state index in [1.165, 1.54) is 24.3 Å².